The van der Waals surface area contributed by atoms with Crippen LogP contribution in [-0.2, 0) is 28.2 Å². The first-order valence-electron chi connectivity index (χ1n) is 6.70. The van der Waals surface area contributed by atoms with Crippen LogP contribution in [0.1, 0.15) is 19.8 Å². The summed E-state index contributed by atoms with van der Waals surface area (Å²) in [5.41, 5.74) is 2.93. The average Bonchev–Trinajstić information content (AvgIpc) is 2.40. The number of hydrogen-bond donors (Lipinski definition) is 0. The molecule has 0 heterocycles. The van der Waals surface area contributed by atoms with Gasteiger partial charge in [0.25, 0.3) is 0 Å². The Morgan fingerprint density at radius 1 is 1.05 bits per heavy atom. The summed E-state index contributed by atoms with van der Waals surface area (Å²) >= 11 is 0. The molecule has 0 bridgehead atoms. The molecular formula is C14H24O6Si. The lowest BCUT2D eigenvalue weighted by atomic mass is 10.1. The van der Waals surface area contributed by atoms with Gasteiger partial charge in [-0.15, -0.1) is 0 Å². The molecule has 0 unspecified atom stereocenters. The molecule has 120 valence electrons. The molecule has 6 nitrogen and oxygen atoms in total. The van der Waals surface area contributed by atoms with Gasteiger partial charge in [0.1, 0.15) is 0 Å². The van der Waals surface area contributed by atoms with E-state index in [1.165, 1.54) is 14.2 Å². The number of carbonyl (C=O) groups excluding carboxylic acids is 2. The second kappa shape index (κ2) is 9.26. The highest BCUT2D eigenvalue weighted by Gasteiger charge is 2.19. The molecule has 0 rings (SSSR count). The van der Waals surface area contributed by atoms with Crippen LogP contribution in [0.5, 0.6) is 0 Å². The number of carbonyl (C=O) groups is 2. The van der Waals surface area contributed by atoms with E-state index < -0.39 is 14.3 Å². The summed E-state index contributed by atoms with van der Waals surface area (Å²) in [4.78, 5) is 23.1. The zero-order chi connectivity index (χ0) is 16.5. The normalized spacial score (nSPS) is 10.2. The van der Waals surface area contributed by atoms with Gasteiger partial charge in [-0.25, -0.2) is 4.79 Å². The largest absolute Gasteiger partial charge is 0.514 e. The van der Waals surface area contributed by atoms with Crippen molar-refractivity contribution in [1.29, 1.82) is 0 Å². The lowest BCUT2D eigenvalue weighted by molar-refractivity contribution is -0.143. The molecular weight excluding hydrogens is 292 g/mol. The van der Waals surface area contributed by atoms with Gasteiger partial charge in [0.05, 0.1) is 32.8 Å². The number of ether oxygens (including phenoxy) is 3. The molecule has 0 aliphatic carbocycles. The van der Waals surface area contributed by atoms with E-state index in [-0.39, 0.29) is 30.3 Å². The van der Waals surface area contributed by atoms with Crippen LogP contribution >= 0.6 is 0 Å². The molecule has 0 aromatic heterocycles. The Kier molecular flexibility index (Phi) is 8.50. The number of rotatable bonds is 8. The highest BCUT2D eigenvalue weighted by atomic mass is 28.4. The molecule has 0 amide bonds. The van der Waals surface area contributed by atoms with Crippen molar-refractivity contribution in [3.8, 4) is 0 Å². The summed E-state index contributed by atoms with van der Waals surface area (Å²) in [5.74, 6) is -0.836. The van der Waals surface area contributed by atoms with Crippen molar-refractivity contribution in [3.05, 3.63) is 17.2 Å². The van der Waals surface area contributed by atoms with Gasteiger partial charge >= 0.3 is 17.9 Å². The van der Waals surface area contributed by atoms with Crippen molar-refractivity contribution < 1.29 is 28.2 Å². The Hall–Kier alpha value is -1.72. The smallest absolute Gasteiger partial charge is 0.341 e. The maximum Gasteiger partial charge on any atom is 0.341 e. The van der Waals surface area contributed by atoms with Crippen molar-refractivity contribution in [2.24, 2.45) is 0 Å². The summed E-state index contributed by atoms with van der Waals surface area (Å²) in [6, 6.07) is 0. The molecule has 7 heteroatoms. The third-order valence-corrected chi connectivity index (χ3v) is 2.95. The minimum atomic E-state index is -1.89. The van der Waals surface area contributed by atoms with Crippen molar-refractivity contribution >= 4 is 20.3 Å². The molecule has 0 N–H and O–H groups in total. The van der Waals surface area contributed by atoms with Gasteiger partial charge in [-0.2, -0.15) is 0 Å². The van der Waals surface area contributed by atoms with E-state index in [0.29, 0.717) is 6.61 Å². The van der Waals surface area contributed by atoms with Crippen molar-refractivity contribution in [1.82, 2.24) is 0 Å². The summed E-state index contributed by atoms with van der Waals surface area (Å²) in [7, 11) is 0.805. The molecule has 0 saturated heterocycles. The number of methoxy groups -OCH3 is 2. The van der Waals surface area contributed by atoms with Crippen LogP contribution in [0, 0.1) is 0 Å². The van der Waals surface area contributed by atoms with Crippen LogP contribution in [0.25, 0.3) is 0 Å². The topological polar surface area (TPSA) is 71.1 Å². The number of esters is 2. The van der Waals surface area contributed by atoms with Crippen LogP contribution < -0.4 is 0 Å². The van der Waals surface area contributed by atoms with Crippen LogP contribution in [0.15, 0.2) is 17.2 Å². The molecule has 0 fully saturated rings. The van der Waals surface area contributed by atoms with Gasteiger partial charge in [0.15, 0.2) is 0 Å². The molecule has 0 atom stereocenters. The van der Waals surface area contributed by atoms with E-state index in [2.05, 4.69) is 10.5 Å². The first-order chi connectivity index (χ1) is 9.73. The van der Waals surface area contributed by atoms with E-state index in [0.717, 1.165) is 0 Å². The van der Waals surface area contributed by atoms with Crippen molar-refractivity contribution in [2.45, 2.75) is 39.4 Å². The highest BCUT2D eigenvalue weighted by molar-refractivity contribution is 6.69. The lowest BCUT2D eigenvalue weighted by Crippen LogP contribution is -2.25. The first-order valence-corrected chi connectivity index (χ1v) is 10.1. The molecule has 0 saturated carbocycles. The maximum absolute atomic E-state index is 11.7. The zero-order valence-corrected chi connectivity index (χ0v) is 14.6. The van der Waals surface area contributed by atoms with Crippen LogP contribution in [0.4, 0.5) is 0 Å². The van der Waals surface area contributed by atoms with E-state index in [9.17, 15) is 9.59 Å². The summed E-state index contributed by atoms with van der Waals surface area (Å²) in [5, 5.41) is 0. The average molecular weight is 316 g/mol. The fraction of sp³-hybridized carbons (Fsp3) is 0.643. The third-order valence-electron chi connectivity index (χ3n) is 2.15. The van der Waals surface area contributed by atoms with Gasteiger partial charge in [-0.05, 0) is 38.7 Å². The highest BCUT2D eigenvalue weighted by Crippen LogP contribution is 2.13. The second-order valence-electron chi connectivity index (χ2n) is 5.11. The fourth-order valence-corrected chi connectivity index (χ4v) is 2.01. The van der Waals surface area contributed by atoms with Gasteiger partial charge in [0, 0.05) is 0 Å². The predicted molar refractivity (Wildman–Crippen MR) is 79.9 cm³/mol. The molecule has 0 aliphatic rings. The summed E-state index contributed by atoms with van der Waals surface area (Å²) in [6.07, 6.45) is 0.211. The first kappa shape index (κ1) is 19.3. The van der Waals surface area contributed by atoms with Crippen LogP contribution in [0.3, 0.4) is 0 Å². The van der Waals surface area contributed by atoms with Gasteiger partial charge in [-0.3, -0.25) is 4.79 Å². The van der Waals surface area contributed by atoms with Gasteiger partial charge in [-0.1, -0.05) is 0 Å². The Morgan fingerprint density at radius 2 is 1.67 bits per heavy atom. The fourth-order valence-electron chi connectivity index (χ4n) is 1.32. The lowest BCUT2D eigenvalue weighted by Gasteiger charge is -2.18. The van der Waals surface area contributed by atoms with Crippen molar-refractivity contribution in [3.63, 3.8) is 0 Å². The number of hydrogen-bond acceptors (Lipinski definition) is 6. The molecule has 0 aromatic carbocycles. The molecule has 21 heavy (non-hydrogen) atoms. The molecule has 0 aromatic rings. The Bertz CT molecular complexity index is 429. The zero-order valence-electron chi connectivity index (χ0n) is 13.6. The molecule has 0 spiro atoms. The van der Waals surface area contributed by atoms with E-state index in [1.54, 1.807) is 6.92 Å². The predicted octanol–water partition coefficient (Wildman–Crippen LogP) is 2.37. The Labute approximate surface area is 126 Å². The van der Waals surface area contributed by atoms with Crippen molar-refractivity contribution in [2.75, 3.05) is 20.8 Å². The van der Waals surface area contributed by atoms with E-state index in [1.807, 2.05) is 19.6 Å². The van der Waals surface area contributed by atoms with E-state index >= 15 is 0 Å². The minimum Gasteiger partial charge on any atom is -0.514 e. The monoisotopic (exact) mass is 316 g/mol. The standard InChI is InChI=1S/C14H24O6Si/c1-7-19-12(15)9-8-11(14(16)18-3)10-13(17-2)20-21(4,5)6/h7-9H2,1-6H3. The third kappa shape index (κ3) is 8.94. The van der Waals surface area contributed by atoms with Gasteiger partial charge < -0.3 is 18.6 Å². The Morgan fingerprint density at radius 3 is 2.10 bits per heavy atom. The SMILES string of the molecule is CCOC(=O)CCC(=C=C(OC)O[Si](C)(C)C)C(=O)OC. The molecule has 0 radical (unpaired) electrons. The molecule has 0 aliphatic heterocycles. The summed E-state index contributed by atoms with van der Waals surface area (Å²) < 4.78 is 20.2. The second-order valence-corrected chi connectivity index (χ2v) is 9.54. The quantitative estimate of drug-likeness (QED) is 0.225. The Balaban J connectivity index is 5.22. The van der Waals surface area contributed by atoms with Crippen LogP contribution in [-0.4, -0.2) is 41.1 Å². The van der Waals surface area contributed by atoms with E-state index in [4.69, 9.17) is 13.9 Å². The maximum atomic E-state index is 11.7. The summed E-state index contributed by atoms with van der Waals surface area (Å²) in [6.45, 7) is 7.95. The van der Waals surface area contributed by atoms with Gasteiger partial charge in [0.2, 0.25) is 8.32 Å². The van der Waals surface area contributed by atoms with Crippen LogP contribution in [0.2, 0.25) is 19.6 Å². The minimum absolute atomic E-state index is 0.0647.